The molecule has 2 heterocycles. The predicted molar refractivity (Wildman–Crippen MR) is 67.9 cm³/mol. The Balaban J connectivity index is 1.75. The molecule has 0 aromatic heterocycles. The molecule has 0 amide bonds. The first-order chi connectivity index (χ1) is 8.04. The maximum absolute atomic E-state index is 6.08. The topological polar surface area (TPSA) is 56.5 Å². The van der Waals surface area contributed by atoms with Crippen LogP contribution in [0.5, 0.6) is 0 Å². The fourth-order valence-electron chi connectivity index (χ4n) is 2.60. The zero-order chi connectivity index (χ0) is 12.4. The fourth-order valence-corrected chi connectivity index (χ4v) is 2.60. The zero-order valence-electron chi connectivity index (χ0n) is 11.1. The quantitative estimate of drug-likeness (QED) is 0.764. The van der Waals surface area contributed by atoms with Gasteiger partial charge in [-0.15, -0.1) is 0 Å². The normalized spacial score (nSPS) is 37.2. The molecule has 2 fully saturated rings. The number of nitrogens with one attached hydrogen (secondary N) is 1. The molecule has 17 heavy (non-hydrogen) atoms. The molecule has 2 atom stereocenters. The zero-order valence-corrected chi connectivity index (χ0v) is 11.1. The molecular weight excluding hydrogens is 216 g/mol. The van der Waals surface area contributed by atoms with Crippen molar-refractivity contribution in [2.45, 2.75) is 32.7 Å². The van der Waals surface area contributed by atoms with Crippen LogP contribution in [0, 0.1) is 10.8 Å². The van der Waals surface area contributed by atoms with Crippen molar-refractivity contribution in [1.29, 1.82) is 0 Å². The van der Waals surface area contributed by atoms with E-state index in [0.29, 0.717) is 12.0 Å². The van der Waals surface area contributed by atoms with Gasteiger partial charge in [0.15, 0.2) is 0 Å². The number of hydrogen-bond donors (Lipinski definition) is 2. The third-order valence-electron chi connectivity index (χ3n) is 4.40. The summed E-state index contributed by atoms with van der Waals surface area (Å²) >= 11 is 0. The Labute approximate surface area is 104 Å². The summed E-state index contributed by atoms with van der Waals surface area (Å²) in [7, 11) is 0. The monoisotopic (exact) mass is 242 g/mol. The average Bonchev–Trinajstić information content (AvgIpc) is 2.60. The minimum atomic E-state index is 0.0987. The summed E-state index contributed by atoms with van der Waals surface area (Å²) in [6, 6.07) is 0.164. The van der Waals surface area contributed by atoms with Crippen LogP contribution >= 0.6 is 0 Å². The molecule has 2 aliphatic heterocycles. The summed E-state index contributed by atoms with van der Waals surface area (Å²) in [6.45, 7) is 9.84. The van der Waals surface area contributed by atoms with Crippen LogP contribution in [-0.4, -0.2) is 45.6 Å². The molecule has 3 N–H and O–H groups in total. The van der Waals surface area contributed by atoms with Crippen LogP contribution in [0.3, 0.4) is 0 Å². The molecule has 2 rings (SSSR count). The summed E-state index contributed by atoms with van der Waals surface area (Å²) < 4.78 is 10.9. The predicted octanol–water partition coefficient (Wildman–Crippen LogP) is 0.757. The summed E-state index contributed by atoms with van der Waals surface area (Å²) in [6.07, 6.45) is 2.30. The molecule has 0 radical (unpaired) electrons. The van der Waals surface area contributed by atoms with Crippen LogP contribution in [0.4, 0.5) is 0 Å². The van der Waals surface area contributed by atoms with Gasteiger partial charge in [-0.25, -0.2) is 0 Å². The van der Waals surface area contributed by atoms with E-state index in [9.17, 15) is 0 Å². The van der Waals surface area contributed by atoms with Crippen molar-refractivity contribution >= 4 is 0 Å². The lowest BCUT2D eigenvalue weighted by atomic mass is 9.81. The van der Waals surface area contributed by atoms with Gasteiger partial charge in [-0.05, 0) is 18.3 Å². The minimum Gasteiger partial charge on any atom is -0.381 e. The van der Waals surface area contributed by atoms with E-state index >= 15 is 0 Å². The van der Waals surface area contributed by atoms with Crippen molar-refractivity contribution in [2.24, 2.45) is 16.6 Å². The SMILES string of the molecule is CC1(CNCC2(C)COCC2N)CCOCC1. The summed E-state index contributed by atoms with van der Waals surface area (Å²) in [4.78, 5) is 0. The van der Waals surface area contributed by atoms with E-state index in [1.54, 1.807) is 0 Å². The van der Waals surface area contributed by atoms with E-state index in [-0.39, 0.29) is 11.5 Å². The number of rotatable bonds is 4. The van der Waals surface area contributed by atoms with Crippen LogP contribution in [0.2, 0.25) is 0 Å². The van der Waals surface area contributed by atoms with Crippen molar-refractivity contribution in [3.63, 3.8) is 0 Å². The van der Waals surface area contributed by atoms with Crippen molar-refractivity contribution in [3.05, 3.63) is 0 Å². The van der Waals surface area contributed by atoms with Gasteiger partial charge in [0.05, 0.1) is 13.2 Å². The number of hydrogen-bond acceptors (Lipinski definition) is 4. The van der Waals surface area contributed by atoms with E-state index in [0.717, 1.165) is 45.8 Å². The van der Waals surface area contributed by atoms with Gasteiger partial charge in [0, 0.05) is 37.8 Å². The molecule has 2 aliphatic rings. The van der Waals surface area contributed by atoms with E-state index in [2.05, 4.69) is 19.2 Å². The van der Waals surface area contributed by atoms with E-state index in [4.69, 9.17) is 15.2 Å². The first kappa shape index (κ1) is 13.3. The fraction of sp³-hybridized carbons (Fsp3) is 1.00. The smallest absolute Gasteiger partial charge is 0.0624 e. The highest BCUT2D eigenvalue weighted by atomic mass is 16.5. The summed E-state index contributed by atoms with van der Waals surface area (Å²) in [5.74, 6) is 0. The second kappa shape index (κ2) is 5.22. The van der Waals surface area contributed by atoms with Crippen molar-refractivity contribution in [2.75, 3.05) is 39.5 Å². The third kappa shape index (κ3) is 3.19. The van der Waals surface area contributed by atoms with E-state index in [1.165, 1.54) is 0 Å². The van der Waals surface area contributed by atoms with Crippen LogP contribution in [-0.2, 0) is 9.47 Å². The van der Waals surface area contributed by atoms with E-state index in [1.807, 2.05) is 0 Å². The maximum atomic E-state index is 6.08. The molecule has 0 aliphatic carbocycles. The highest BCUT2D eigenvalue weighted by molar-refractivity contribution is 4.92. The lowest BCUT2D eigenvalue weighted by Gasteiger charge is -2.35. The van der Waals surface area contributed by atoms with Gasteiger partial charge in [-0.2, -0.15) is 0 Å². The molecule has 4 heteroatoms. The molecule has 0 aromatic carbocycles. The molecule has 4 nitrogen and oxygen atoms in total. The first-order valence-corrected chi connectivity index (χ1v) is 6.66. The Bertz CT molecular complexity index is 254. The largest absolute Gasteiger partial charge is 0.381 e. The molecule has 2 unspecified atom stereocenters. The van der Waals surface area contributed by atoms with Gasteiger partial charge in [-0.1, -0.05) is 13.8 Å². The highest BCUT2D eigenvalue weighted by Gasteiger charge is 2.38. The number of ether oxygens (including phenoxy) is 2. The lowest BCUT2D eigenvalue weighted by Crippen LogP contribution is -2.47. The third-order valence-corrected chi connectivity index (χ3v) is 4.40. The Kier molecular flexibility index (Phi) is 4.08. The molecule has 0 bridgehead atoms. The highest BCUT2D eigenvalue weighted by Crippen LogP contribution is 2.30. The molecule has 2 saturated heterocycles. The van der Waals surface area contributed by atoms with Crippen molar-refractivity contribution < 1.29 is 9.47 Å². The van der Waals surface area contributed by atoms with Crippen LogP contribution < -0.4 is 11.1 Å². The van der Waals surface area contributed by atoms with Gasteiger partial charge in [0.2, 0.25) is 0 Å². The molecule has 100 valence electrons. The van der Waals surface area contributed by atoms with Crippen LogP contribution in [0.15, 0.2) is 0 Å². The van der Waals surface area contributed by atoms with E-state index < -0.39 is 0 Å². The molecule has 0 spiro atoms. The molecular formula is C13H26N2O2. The summed E-state index contributed by atoms with van der Waals surface area (Å²) in [5.41, 5.74) is 6.57. The Morgan fingerprint density at radius 3 is 2.47 bits per heavy atom. The maximum Gasteiger partial charge on any atom is 0.0624 e. The van der Waals surface area contributed by atoms with Gasteiger partial charge in [0.1, 0.15) is 0 Å². The minimum absolute atomic E-state index is 0.0987. The van der Waals surface area contributed by atoms with Crippen molar-refractivity contribution in [1.82, 2.24) is 5.32 Å². The summed E-state index contributed by atoms with van der Waals surface area (Å²) in [5, 5.41) is 3.59. The number of nitrogens with two attached hydrogens (primary N) is 1. The molecule has 0 saturated carbocycles. The van der Waals surface area contributed by atoms with Gasteiger partial charge in [-0.3, -0.25) is 0 Å². The Morgan fingerprint density at radius 2 is 1.88 bits per heavy atom. The van der Waals surface area contributed by atoms with Gasteiger partial charge < -0.3 is 20.5 Å². The average molecular weight is 242 g/mol. The first-order valence-electron chi connectivity index (χ1n) is 6.66. The van der Waals surface area contributed by atoms with Crippen molar-refractivity contribution in [3.8, 4) is 0 Å². The van der Waals surface area contributed by atoms with Crippen LogP contribution in [0.25, 0.3) is 0 Å². The molecule has 0 aromatic rings. The Hall–Kier alpha value is -0.160. The Morgan fingerprint density at radius 1 is 1.18 bits per heavy atom. The second-order valence-electron chi connectivity index (χ2n) is 6.30. The standard InChI is InChI=1S/C13H26N2O2/c1-12(3-5-16-6-4-12)8-15-9-13(2)10-17-7-11(13)14/h11,15H,3-10,14H2,1-2H3. The van der Waals surface area contributed by atoms with Crippen LogP contribution in [0.1, 0.15) is 26.7 Å². The van der Waals surface area contributed by atoms with Gasteiger partial charge >= 0.3 is 0 Å². The lowest BCUT2D eigenvalue weighted by molar-refractivity contribution is 0.0227. The van der Waals surface area contributed by atoms with Gasteiger partial charge in [0.25, 0.3) is 0 Å². The second-order valence-corrected chi connectivity index (χ2v) is 6.30.